The van der Waals surface area contributed by atoms with Gasteiger partial charge in [0.2, 0.25) is 5.78 Å². The highest BCUT2D eigenvalue weighted by atomic mass is 35.5. The van der Waals surface area contributed by atoms with Crippen LogP contribution in [0.15, 0.2) is 53.7 Å². The Morgan fingerprint density at radius 2 is 1.90 bits per heavy atom. The summed E-state index contributed by atoms with van der Waals surface area (Å²) in [6.45, 7) is 0. The molecule has 0 amide bonds. The van der Waals surface area contributed by atoms with Crippen molar-refractivity contribution < 1.29 is 0 Å². The molecule has 0 aliphatic carbocycles. The monoisotopic (exact) mass is 314 g/mol. The highest BCUT2D eigenvalue weighted by Gasteiger charge is 2.12. The van der Waals surface area contributed by atoms with Crippen LogP contribution in [0.25, 0.3) is 16.8 Å². The van der Waals surface area contributed by atoms with Gasteiger partial charge in [0, 0.05) is 10.8 Å². The van der Waals surface area contributed by atoms with E-state index in [9.17, 15) is 0 Å². The van der Waals surface area contributed by atoms with Crippen LogP contribution >= 0.6 is 23.4 Å². The molecule has 2 aromatic heterocycles. The lowest BCUT2D eigenvalue weighted by atomic mass is 10.2. The molecule has 104 valence electrons. The first-order valence-electron chi connectivity index (χ1n) is 6.51. The second kappa shape index (κ2) is 5.09. The second-order valence-electron chi connectivity index (χ2n) is 4.65. The number of hydrogen-bond acceptors (Lipinski definition) is 3. The number of halogens is 1. The minimum absolute atomic E-state index is 0.762. The van der Waals surface area contributed by atoms with Crippen LogP contribution in [0, 0.1) is 0 Å². The molecule has 0 aliphatic heterocycles. The van der Waals surface area contributed by atoms with Gasteiger partial charge in [0.25, 0.3) is 0 Å². The van der Waals surface area contributed by atoms with Crippen molar-refractivity contribution in [2.24, 2.45) is 0 Å². The van der Waals surface area contributed by atoms with Gasteiger partial charge in [-0.3, -0.25) is 4.40 Å². The molecule has 0 saturated carbocycles. The Hall–Kier alpha value is -1.98. The summed E-state index contributed by atoms with van der Waals surface area (Å²) in [4.78, 5) is 4.51. The number of rotatable bonds is 3. The summed E-state index contributed by atoms with van der Waals surface area (Å²) >= 11 is 7.84. The molecule has 4 aromatic rings. The van der Waals surface area contributed by atoms with Gasteiger partial charge >= 0.3 is 0 Å². The highest BCUT2D eigenvalue weighted by Crippen LogP contribution is 2.27. The number of fused-ring (bicyclic) bond motifs is 3. The number of nitrogens with zero attached hydrogens (tertiary/aromatic N) is 3. The average molecular weight is 315 g/mol. The lowest BCUT2D eigenvalue weighted by molar-refractivity contribution is 0.940. The first-order valence-corrected chi connectivity index (χ1v) is 7.87. The standard InChI is InChI=1S/C15H11ClN4S/c16-11-6-2-1-5-10(11)9-21-15-19-18-14-17-12-7-3-4-8-13(12)20(14)15/h1-8H,9H2,(H,17,18). The Kier molecular flexibility index (Phi) is 3.09. The molecule has 0 aliphatic rings. The van der Waals surface area contributed by atoms with Crippen LogP contribution < -0.4 is 0 Å². The van der Waals surface area contributed by atoms with Gasteiger partial charge in [0.15, 0.2) is 5.16 Å². The Morgan fingerprint density at radius 1 is 1.10 bits per heavy atom. The van der Waals surface area contributed by atoms with E-state index in [1.807, 2.05) is 52.9 Å². The van der Waals surface area contributed by atoms with Crippen LogP contribution in [0.5, 0.6) is 0 Å². The van der Waals surface area contributed by atoms with E-state index in [1.165, 1.54) is 0 Å². The lowest BCUT2D eigenvalue weighted by Gasteiger charge is -2.02. The molecule has 21 heavy (non-hydrogen) atoms. The zero-order valence-electron chi connectivity index (χ0n) is 11.0. The SMILES string of the molecule is Clc1ccccc1CSc1n[nH]c2nc3ccccc3n12. The number of thioether (sulfide) groups is 1. The van der Waals surface area contributed by atoms with Crippen molar-refractivity contribution in [3.05, 3.63) is 59.1 Å². The largest absolute Gasteiger partial charge is 0.254 e. The molecule has 2 heterocycles. The molecule has 0 fully saturated rings. The zero-order chi connectivity index (χ0) is 14.2. The van der Waals surface area contributed by atoms with Crippen LogP contribution in [-0.2, 0) is 5.75 Å². The molecule has 0 spiro atoms. The van der Waals surface area contributed by atoms with Gasteiger partial charge in [-0.05, 0) is 23.8 Å². The molecule has 6 heteroatoms. The Labute approximate surface area is 130 Å². The van der Waals surface area contributed by atoms with Crippen molar-refractivity contribution in [1.29, 1.82) is 0 Å². The van der Waals surface area contributed by atoms with Gasteiger partial charge < -0.3 is 0 Å². The van der Waals surface area contributed by atoms with E-state index in [0.717, 1.165) is 38.3 Å². The zero-order valence-corrected chi connectivity index (χ0v) is 12.5. The number of hydrogen-bond donors (Lipinski definition) is 1. The van der Waals surface area contributed by atoms with Gasteiger partial charge in [-0.1, -0.05) is 53.7 Å². The van der Waals surface area contributed by atoms with Gasteiger partial charge in [0.05, 0.1) is 11.0 Å². The summed E-state index contributed by atoms with van der Waals surface area (Å²) < 4.78 is 2.04. The number of aromatic nitrogens is 4. The molecule has 4 nitrogen and oxygen atoms in total. The normalized spacial score (nSPS) is 11.5. The number of imidazole rings is 1. The predicted octanol–water partition coefficient (Wildman–Crippen LogP) is 4.16. The minimum atomic E-state index is 0.762. The van der Waals surface area contributed by atoms with Crippen molar-refractivity contribution in [1.82, 2.24) is 19.6 Å². The summed E-state index contributed by atoms with van der Waals surface area (Å²) in [6.07, 6.45) is 0. The predicted molar refractivity (Wildman–Crippen MR) is 85.9 cm³/mol. The molecule has 4 rings (SSSR count). The average Bonchev–Trinajstić information content (AvgIpc) is 3.05. The van der Waals surface area contributed by atoms with Crippen LogP contribution in [0.4, 0.5) is 0 Å². The first kappa shape index (κ1) is 12.7. The van der Waals surface area contributed by atoms with E-state index in [1.54, 1.807) is 11.8 Å². The number of nitrogens with one attached hydrogen (secondary N) is 1. The van der Waals surface area contributed by atoms with Crippen molar-refractivity contribution in [2.45, 2.75) is 10.9 Å². The van der Waals surface area contributed by atoms with E-state index in [2.05, 4.69) is 15.2 Å². The Morgan fingerprint density at radius 3 is 2.81 bits per heavy atom. The summed E-state index contributed by atoms with van der Waals surface area (Å²) in [5, 5.41) is 8.99. The van der Waals surface area contributed by atoms with Gasteiger partial charge in [-0.15, -0.1) is 5.10 Å². The number of benzene rings is 2. The number of H-pyrrole nitrogens is 1. The quantitative estimate of drug-likeness (QED) is 0.578. The van der Waals surface area contributed by atoms with Crippen molar-refractivity contribution in [3.8, 4) is 0 Å². The first-order chi connectivity index (χ1) is 10.3. The maximum atomic E-state index is 6.20. The van der Waals surface area contributed by atoms with Gasteiger partial charge in [0.1, 0.15) is 0 Å². The molecular weight excluding hydrogens is 304 g/mol. The third-order valence-electron chi connectivity index (χ3n) is 3.32. The van der Waals surface area contributed by atoms with Crippen LogP contribution in [0.3, 0.4) is 0 Å². The fraction of sp³-hybridized carbons (Fsp3) is 0.0667. The molecular formula is C15H11ClN4S. The molecule has 2 aromatic carbocycles. The molecule has 0 saturated heterocycles. The lowest BCUT2D eigenvalue weighted by Crippen LogP contribution is -1.87. The molecule has 0 atom stereocenters. The number of para-hydroxylation sites is 2. The minimum Gasteiger partial charge on any atom is -0.254 e. The van der Waals surface area contributed by atoms with E-state index < -0.39 is 0 Å². The van der Waals surface area contributed by atoms with Crippen LogP contribution in [0.2, 0.25) is 5.02 Å². The molecule has 0 unspecified atom stereocenters. The van der Waals surface area contributed by atoms with E-state index in [0.29, 0.717) is 0 Å². The smallest absolute Gasteiger partial charge is 0.231 e. The molecule has 0 radical (unpaired) electrons. The van der Waals surface area contributed by atoms with Crippen molar-refractivity contribution >= 4 is 40.2 Å². The maximum absolute atomic E-state index is 6.20. The van der Waals surface area contributed by atoms with Crippen LogP contribution in [0.1, 0.15) is 5.56 Å². The summed E-state index contributed by atoms with van der Waals surface area (Å²) in [5.41, 5.74) is 3.12. The molecule has 0 bridgehead atoms. The topological polar surface area (TPSA) is 46.0 Å². The van der Waals surface area contributed by atoms with Crippen LogP contribution in [-0.4, -0.2) is 19.6 Å². The maximum Gasteiger partial charge on any atom is 0.231 e. The van der Waals surface area contributed by atoms with E-state index >= 15 is 0 Å². The summed E-state index contributed by atoms with van der Waals surface area (Å²) in [6, 6.07) is 15.9. The van der Waals surface area contributed by atoms with Crippen molar-refractivity contribution in [2.75, 3.05) is 0 Å². The van der Waals surface area contributed by atoms with Gasteiger partial charge in [-0.2, -0.15) is 0 Å². The highest BCUT2D eigenvalue weighted by molar-refractivity contribution is 7.98. The summed E-state index contributed by atoms with van der Waals surface area (Å²) in [5.74, 6) is 1.53. The fourth-order valence-electron chi connectivity index (χ4n) is 2.30. The second-order valence-corrected chi connectivity index (χ2v) is 6.00. The van der Waals surface area contributed by atoms with E-state index in [-0.39, 0.29) is 0 Å². The number of aromatic amines is 1. The fourth-order valence-corrected chi connectivity index (χ4v) is 3.54. The van der Waals surface area contributed by atoms with Crippen molar-refractivity contribution in [3.63, 3.8) is 0 Å². The Bertz CT molecular complexity index is 928. The third-order valence-corrected chi connectivity index (χ3v) is 4.67. The van der Waals surface area contributed by atoms with Gasteiger partial charge in [-0.25, -0.2) is 10.1 Å². The third kappa shape index (κ3) is 2.18. The van der Waals surface area contributed by atoms with E-state index in [4.69, 9.17) is 11.6 Å². The Balaban J connectivity index is 1.72. The molecule has 1 N–H and O–H groups in total. The summed E-state index contributed by atoms with van der Waals surface area (Å²) in [7, 11) is 0.